The molecule has 1 atom stereocenters. The molecular formula is C21H42. The van der Waals surface area contributed by atoms with E-state index in [0.29, 0.717) is 0 Å². The monoisotopic (exact) mass is 294 g/mol. The van der Waals surface area contributed by atoms with E-state index in [-0.39, 0.29) is 0 Å². The number of allylic oxidation sites excluding steroid dienone is 2. The van der Waals surface area contributed by atoms with E-state index in [1.54, 1.807) is 0 Å². The van der Waals surface area contributed by atoms with Gasteiger partial charge in [0.1, 0.15) is 0 Å². The van der Waals surface area contributed by atoms with Crippen molar-refractivity contribution in [3.8, 4) is 0 Å². The quantitative estimate of drug-likeness (QED) is 0.199. The van der Waals surface area contributed by atoms with Crippen molar-refractivity contribution in [1.82, 2.24) is 0 Å². The highest BCUT2D eigenvalue weighted by atomic mass is 14.1. The first-order valence-corrected chi connectivity index (χ1v) is 10.0. The molecule has 126 valence electrons. The van der Waals surface area contributed by atoms with Gasteiger partial charge in [-0.25, -0.2) is 0 Å². The average Bonchev–Trinajstić information content (AvgIpc) is 2.51. The maximum absolute atomic E-state index is 2.49. The van der Waals surface area contributed by atoms with E-state index in [1.807, 2.05) is 0 Å². The Morgan fingerprint density at radius 2 is 1.14 bits per heavy atom. The van der Waals surface area contributed by atoms with E-state index in [9.17, 15) is 0 Å². The third-order valence-corrected chi connectivity index (χ3v) is 4.59. The third-order valence-electron chi connectivity index (χ3n) is 4.59. The predicted octanol–water partition coefficient (Wildman–Crippen LogP) is 8.07. The molecule has 0 saturated carbocycles. The zero-order valence-electron chi connectivity index (χ0n) is 15.3. The van der Waals surface area contributed by atoms with Gasteiger partial charge in [-0.2, -0.15) is 0 Å². The molecule has 0 saturated heterocycles. The van der Waals surface area contributed by atoms with Gasteiger partial charge in [-0.3, -0.25) is 0 Å². The lowest BCUT2D eigenvalue weighted by molar-refractivity contribution is 0.501. The Morgan fingerprint density at radius 1 is 0.619 bits per heavy atom. The molecule has 0 fully saturated rings. The number of rotatable bonds is 16. The molecule has 0 aliphatic heterocycles. The summed E-state index contributed by atoms with van der Waals surface area (Å²) in [6.07, 6.45) is 26.1. The van der Waals surface area contributed by atoms with E-state index in [2.05, 4.69) is 32.9 Å². The van der Waals surface area contributed by atoms with Crippen LogP contribution in [0.25, 0.3) is 0 Å². The number of hydrogen-bond donors (Lipinski definition) is 0. The molecule has 0 bridgehead atoms. The van der Waals surface area contributed by atoms with Crippen LogP contribution in [0.5, 0.6) is 0 Å². The van der Waals surface area contributed by atoms with Crippen LogP contribution in [0.4, 0.5) is 0 Å². The van der Waals surface area contributed by atoms with Gasteiger partial charge in [0.25, 0.3) is 0 Å². The minimum atomic E-state index is 0.843. The van der Waals surface area contributed by atoms with Crippen LogP contribution >= 0.6 is 0 Å². The molecule has 0 heterocycles. The Labute approximate surface area is 135 Å². The molecule has 21 heavy (non-hydrogen) atoms. The van der Waals surface area contributed by atoms with Gasteiger partial charge in [-0.1, -0.05) is 110 Å². The maximum Gasteiger partial charge on any atom is -0.0236 e. The van der Waals surface area contributed by atoms with Gasteiger partial charge < -0.3 is 0 Å². The summed E-state index contributed by atoms with van der Waals surface area (Å²) in [7, 11) is 0. The van der Waals surface area contributed by atoms with Crippen LogP contribution in [0.3, 0.4) is 0 Å². The molecule has 0 aliphatic rings. The van der Waals surface area contributed by atoms with E-state index >= 15 is 0 Å². The van der Waals surface area contributed by atoms with Crippen LogP contribution in [0.1, 0.15) is 117 Å². The summed E-state index contributed by atoms with van der Waals surface area (Å²) in [5.41, 5.74) is 0. The standard InChI is InChI=1S/C21H42/c1-4-7-9-11-12-13-14-15-16-18-20-21(6-3)19-17-10-8-5-2/h17,19,21H,4-16,18,20H2,1-3H3/b19-17+. The maximum atomic E-state index is 2.49. The Balaban J connectivity index is 3.33. The largest absolute Gasteiger partial charge is 0.0883 e. The van der Waals surface area contributed by atoms with Gasteiger partial charge in [0.05, 0.1) is 0 Å². The lowest BCUT2D eigenvalue weighted by Gasteiger charge is -2.09. The number of hydrogen-bond acceptors (Lipinski definition) is 0. The summed E-state index contributed by atoms with van der Waals surface area (Å²) in [5, 5.41) is 0. The molecule has 1 unspecified atom stereocenters. The minimum absolute atomic E-state index is 0.843. The van der Waals surface area contributed by atoms with Crippen LogP contribution in [-0.4, -0.2) is 0 Å². The van der Waals surface area contributed by atoms with Crippen molar-refractivity contribution in [2.24, 2.45) is 5.92 Å². The van der Waals surface area contributed by atoms with Gasteiger partial charge in [0, 0.05) is 0 Å². The fourth-order valence-corrected chi connectivity index (χ4v) is 2.94. The summed E-state index contributed by atoms with van der Waals surface area (Å²) in [6, 6.07) is 0. The summed E-state index contributed by atoms with van der Waals surface area (Å²) in [5.74, 6) is 0.843. The van der Waals surface area contributed by atoms with Crippen molar-refractivity contribution in [2.75, 3.05) is 0 Å². The topological polar surface area (TPSA) is 0 Å². The molecule has 0 nitrogen and oxygen atoms in total. The minimum Gasteiger partial charge on any atom is -0.0883 e. The Kier molecular flexibility index (Phi) is 17.6. The first-order valence-electron chi connectivity index (χ1n) is 10.0. The molecule has 0 aromatic heterocycles. The van der Waals surface area contributed by atoms with Gasteiger partial charge in [-0.15, -0.1) is 0 Å². The summed E-state index contributed by atoms with van der Waals surface area (Å²) >= 11 is 0. The van der Waals surface area contributed by atoms with E-state index in [0.717, 1.165) is 5.92 Å². The molecule has 0 spiro atoms. The SMILES string of the molecule is CCCC/C=C/C(CC)CCCCCCCCCCCC. The molecule has 0 heteroatoms. The lowest BCUT2D eigenvalue weighted by atomic mass is 9.97. The fraction of sp³-hybridized carbons (Fsp3) is 0.905. The van der Waals surface area contributed by atoms with E-state index in [4.69, 9.17) is 0 Å². The van der Waals surface area contributed by atoms with Crippen molar-refractivity contribution in [2.45, 2.75) is 117 Å². The highest BCUT2D eigenvalue weighted by molar-refractivity contribution is 4.87. The van der Waals surface area contributed by atoms with Crippen molar-refractivity contribution in [3.63, 3.8) is 0 Å². The molecule has 0 radical (unpaired) electrons. The van der Waals surface area contributed by atoms with Crippen LogP contribution in [0.15, 0.2) is 12.2 Å². The highest BCUT2D eigenvalue weighted by Gasteiger charge is 2.01. The average molecular weight is 295 g/mol. The van der Waals surface area contributed by atoms with Crippen molar-refractivity contribution >= 4 is 0 Å². The van der Waals surface area contributed by atoms with Gasteiger partial charge in [0.15, 0.2) is 0 Å². The summed E-state index contributed by atoms with van der Waals surface area (Å²) in [4.78, 5) is 0. The molecule has 0 amide bonds. The zero-order valence-corrected chi connectivity index (χ0v) is 15.3. The van der Waals surface area contributed by atoms with Crippen molar-refractivity contribution < 1.29 is 0 Å². The summed E-state index contributed by atoms with van der Waals surface area (Å²) in [6.45, 7) is 6.91. The van der Waals surface area contributed by atoms with Crippen LogP contribution in [0.2, 0.25) is 0 Å². The normalized spacial score (nSPS) is 13.1. The molecule has 0 rings (SSSR count). The Bertz CT molecular complexity index is 204. The first-order chi connectivity index (χ1) is 10.3. The third kappa shape index (κ3) is 15.9. The van der Waals surface area contributed by atoms with Gasteiger partial charge in [0.2, 0.25) is 0 Å². The second kappa shape index (κ2) is 17.8. The van der Waals surface area contributed by atoms with Gasteiger partial charge in [-0.05, 0) is 25.2 Å². The first kappa shape index (κ1) is 20.7. The Hall–Kier alpha value is -0.260. The fourth-order valence-electron chi connectivity index (χ4n) is 2.94. The van der Waals surface area contributed by atoms with Crippen LogP contribution < -0.4 is 0 Å². The van der Waals surface area contributed by atoms with E-state index < -0.39 is 0 Å². The lowest BCUT2D eigenvalue weighted by Crippen LogP contribution is -1.94. The predicted molar refractivity (Wildman–Crippen MR) is 98.9 cm³/mol. The molecular weight excluding hydrogens is 252 g/mol. The molecule has 0 aromatic carbocycles. The van der Waals surface area contributed by atoms with Crippen LogP contribution in [-0.2, 0) is 0 Å². The van der Waals surface area contributed by atoms with Crippen molar-refractivity contribution in [1.29, 1.82) is 0 Å². The second-order valence-corrected chi connectivity index (χ2v) is 6.71. The number of unbranched alkanes of at least 4 members (excludes halogenated alkanes) is 11. The van der Waals surface area contributed by atoms with Gasteiger partial charge >= 0.3 is 0 Å². The van der Waals surface area contributed by atoms with E-state index in [1.165, 1.54) is 96.3 Å². The molecule has 0 N–H and O–H groups in total. The second-order valence-electron chi connectivity index (χ2n) is 6.71. The molecule has 0 aliphatic carbocycles. The van der Waals surface area contributed by atoms with Crippen molar-refractivity contribution in [3.05, 3.63) is 12.2 Å². The zero-order chi connectivity index (χ0) is 15.6. The van der Waals surface area contributed by atoms with Crippen LogP contribution in [0, 0.1) is 5.92 Å². The Morgan fingerprint density at radius 3 is 1.67 bits per heavy atom. The summed E-state index contributed by atoms with van der Waals surface area (Å²) < 4.78 is 0. The molecule has 0 aromatic rings. The smallest absolute Gasteiger partial charge is 0.0236 e. The highest BCUT2D eigenvalue weighted by Crippen LogP contribution is 2.17.